The highest BCUT2D eigenvalue weighted by atomic mass is 35.5. The van der Waals surface area contributed by atoms with Gasteiger partial charge in [0.2, 0.25) is 0 Å². The van der Waals surface area contributed by atoms with Crippen LogP contribution in [0, 0.1) is 10.1 Å². The van der Waals surface area contributed by atoms with E-state index in [-0.39, 0.29) is 5.69 Å². The van der Waals surface area contributed by atoms with Crippen molar-refractivity contribution in [3.63, 3.8) is 0 Å². The van der Waals surface area contributed by atoms with Crippen molar-refractivity contribution < 1.29 is 4.92 Å². The Balaban J connectivity index is 2.06. The number of rotatable bonds is 6. The Labute approximate surface area is 127 Å². The second kappa shape index (κ2) is 6.69. The lowest BCUT2D eigenvalue weighted by Crippen LogP contribution is -2.21. The van der Waals surface area contributed by atoms with Gasteiger partial charge in [-0.25, -0.2) is 0 Å². The molecule has 0 radical (unpaired) electrons. The second-order valence-corrected chi connectivity index (χ2v) is 5.52. The topological polar surface area (TPSA) is 73.0 Å². The van der Waals surface area contributed by atoms with Gasteiger partial charge in [-0.05, 0) is 11.6 Å². The van der Waals surface area contributed by atoms with Crippen LogP contribution in [0.3, 0.4) is 0 Å². The zero-order valence-electron chi connectivity index (χ0n) is 11.9. The normalized spacial score (nSPS) is 11.0. The second-order valence-electron chi connectivity index (χ2n) is 5.11. The molecule has 0 aliphatic heterocycles. The zero-order valence-corrected chi connectivity index (χ0v) is 12.7. The predicted molar refractivity (Wildman–Crippen MR) is 81.4 cm³/mol. The number of hydrogen-bond acceptors (Lipinski definition) is 4. The van der Waals surface area contributed by atoms with Crippen LogP contribution in [-0.4, -0.2) is 20.7 Å². The van der Waals surface area contributed by atoms with Crippen molar-refractivity contribution >= 4 is 17.3 Å². The summed E-state index contributed by atoms with van der Waals surface area (Å²) < 4.78 is 1.77. The highest BCUT2D eigenvalue weighted by molar-refractivity contribution is 6.31. The number of nitrogens with one attached hydrogen (secondary N) is 1. The van der Waals surface area contributed by atoms with E-state index in [1.807, 2.05) is 6.20 Å². The molecule has 6 nitrogen and oxygen atoms in total. The lowest BCUT2D eigenvalue weighted by atomic mass is 10.2. The van der Waals surface area contributed by atoms with E-state index in [0.29, 0.717) is 17.6 Å². The van der Waals surface area contributed by atoms with Gasteiger partial charge >= 0.3 is 0 Å². The minimum atomic E-state index is -0.459. The van der Waals surface area contributed by atoms with E-state index in [2.05, 4.69) is 24.3 Å². The molecule has 0 fully saturated rings. The van der Waals surface area contributed by atoms with Crippen molar-refractivity contribution in [1.82, 2.24) is 15.1 Å². The first-order valence-electron chi connectivity index (χ1n) is 6.63. The van der Waals surface area contributed by atoms with E-state index in [0.717, 1.165) is 17.7 Å². The summed E-state index contributed by atoms with van der Waals surface area (Å²) in [4.78, 5) is 10.2. The van der Waals surface area contributed by atoms with Crippen LogP contribution in [0.5, 0.6) is 0 Å². The standard InChI is InChI=1S/C14H17ClN4O2/c1-10(2)16-6-11-7-17-18(8-11)9-12-3-4-13(19(20)21)5-14(12)15/h3-5,7-8,10,16H,6,9H2,1-2H3. The largest absolute Gasteiger partial charge is 0.310 e. The summed E-state index contributed by atoms with van der Waals surface area (Å²) in [7, 11) is 0. The summed E-state index contributed by atoms with van der Waals surface area (Å²) in [5.41, 5.74) is 1.88. The summed E-state index contributed by atoms with van der Waals surface area (Å²) in [6.45, 7) is 5.41. The quantitative estimate of drug-likeness (QED) is 0.657. The molecule has 1 heterocycles. The van der Waals surface area contributed by atoms with E-state index in [4.69, 9.17) is 11.6 Å². The smallest absolute Gasteiger partial charge is 0.270 e. The number of nitro groups is 1. The molecule has 0 spiro atoms. The molecule has 0 atom stereocenters. The van der Waals surface area contributed by atoms with E-state index < -0.39 is 4.92 Å². The molecule has 7 heteroatoms. The molecule has 112 valence electrons. The third kappa shape index (κ3) is 4.27. The van der Waals surface area contributed by atoms with Crippen molar-refractivity contribution in [2.75, 3.05) is 0 Å². The maximum Gasteiger partial charge on any atom is 0.270 e. The summed E-state index contributed by atoms with van der Waals surface area (Å²) in [5.74, 6) is 0. The molecule has 1 N–H and O–H groups in total. The Kier molecular flexibility index (Phi) is 4.93. The number of nitrogens with zero attached hydrogens (tertiary/aromatic N) is 3. The highest BCUT2D eigenvalue weighted by Crippen LogP contribution is 2.23. The Morgan fingerprint density at radius 2 is 2.24 bits per heavy atom. The van der Waals surface area contributed by atoms with Crippen LogP contribution in [0.15, 0.2) is 30.6 Å². The number of nitro benzene ring substituents is 1. The molecule has 0 bridgehead atoms. The Hall–Kier alpha value is -1.92. The first-order chi connectivity index (χ1) is 9.95. The Bertz CT molecular complexity index is 640. The van der Waals surface area contributed by atoms with Gasteiger partial charge in [-0.15, -0.1) is 0 Å². The summed E-state index contributed by atoms with van der Waals surface area (Å²) in [5, 5.41) is 18.6. The Morgan fingerprint density at radius 3 is 2.86 bits per heavy atom. The molecule has 0 saturated carbocycles. The maximum atomic E-state index is 10.7. The molecule has 0 saturated heterocycles. The fraction of sp³-hybridized carbons (Fsp3) is 0.357. The fourth-order valence-corrected chi connectivity index (χ4v) is 2.09. The molecule has 21 heavy (non-hydrogen) atoms. The van der Waals surface area contributed by atoms with Gasteiger partial charge in [-0.1, -0.05) is 25.4 Å². The van der Waals surface area contributed by atoms with E-state index in [9.17, 15) is 10.1 Å². The minimum absolute atomic E-state index is 0.00830. The van der Waals surface area contributed by atoms with Gasteiger partial charge in [0.1, 0.15) is 0 Å². The van der Waals surface area contributed by atoms with Gasteiger partial charge in [-0.2, -0.15) is 5.10 Å². The van der Waals surface area contributed by atoms with Crippen molar-refractivity contribution in [2.24, 2.45) is 0 Å². The monoisotopic (exact) mass is 308 g/mol. The molecule has 0 aliphatic carbocycles. The molecular weight excluding hydrogens is 292 g/mol. The molecule has 1 aromatic heterocycles. The van der Waals surface area contributed by atoms with Crippen LogP contribution < -0.4 is 5.32 Å². The SMILES string of the molecule is CC(C)NCc1cnn(Cc2ccc([N+](=O)[O-])cc2Cl)c1. The van der Waals surface area contributed by atoms with Crippen LogP contribution >= 0.6 is 11.6 Å². The van der Waals surface area contributed by atoms with Crippen molar-refractivity contribution in [2.45, 2.75) is 33.0 Å². The third-order valence-corrected chi connectivity index (χ3v) is 3.33. The number of hydrogen-bond donors (Lipinski definition) is 1. The van der Waals surface area contributed by atoms with Crippen molar-refractivity contribution in [3.05, 3.63) is 56.9 Å². The minimum Gasteiger partial charge on any atom is -0.310 e. The van der Waals surface area contributed by atoms with Gasteiger partial charge < -0.3 is 5.32 Å². The molecule has 2 aromatic rings. The van der Waals surface area contributed by atoms with Gasteiger partial charge in [0, 0.05) is 36.5 Å². The number of aromatic nitrogens is 2. The number of halogens is 1. The zero-order chi connectivity index (χ0) is 15.4. The average Bonchev–Trinajstić information content (AvgIpc) is 2.86. The predicted octanol–water partition coefficient (Wildman–Crippen LogP) is 2.99. The molecular formula is C14H17ClN4O2. The lowest BCUT2D eigenvalue weighted by molar-refractivity contribution is -0.384. The fourth-order valence-electron chi connectivity index (χ4n) is 1.86. The molecule has 1 aromatic carbocycles. The molecule has 2 rings (SSSR count). The summed E-state index contributed by atoms with van der Waals surface area (Å²) in [6.07, 6.45) is 3.74. The first-order valence-corrected chi connectivity index (χ1v) is 7.01. The van der Waals surface area contributed by atoms with Gasteiger partial charge in [0.05, 0.1) is 22.7 Å². The Morgan fingerprint density at radius 1 is 1.48 bits per heavy atom. The first kappa shape index (κ1) is 15.5. The van der Waals surface area contributed by atoms with Gasteiger partial charge in [0.25, 0.3) is 5.69 Å². The molecule has 0 unspecified atom stereocenters. The van der Waals surface area contributed by atoms with Gasteiger partial charge in [0.15, 0.2) is 0 Å². The third-order valence-electron chi connectivity index (χ3n) is 2.98. The van der Waals surface area contributed by atoms with Crippen LogP contribution in [0.1, 0.15) is 25.0 Å². The van der Waals surface area contributed by atoms with E-state index >= 15 is 0 Å². The van der Waals surface area contributed by atoms with Crippen LogP contribution in [0.4, 0.5) is 5.69 Å². The van der Waals surface area contributed by atoms with Crippen molar-refractivity contribution in [1.29, 1.82) is 0 Å². The number of benzene rings is 1. The van der Waals surface area contributed by atoms with Crippen LogP contribution in [0.2, 0.25) is 5.02 Å². The maximum absolute atomic E-state index is 10.7. The summed E-state index contributed by atoms with van der Waals surface area (Å²) >= 11 is 6.07. The highest BCUT2D eigenvalue weighted by Gasteiger charge is 2.10. The van der Waals surface area contributed by atoms with Crippen molar-refractivity contribution in [3.8, 4) is 0 Å². The van der Waals surface area contributed by atoms with E-state index in [1.54, 1.807) is 16.9 Å². The van der Waals surface area contributed by atoms with Crippen LogP contribution in [-0.2, 0) is 13.1 Å². The van der Waals surface area contributed by atoms with E-state index in [1.165, 1.54) is 12.1 Å². The van der Waals surface area contributed by atoms with Gasteiger partial charge in [-0.3, -0.25) is 14.8 Å². The number of non-ortho nitro benzene ring substituents is 1. The molecule has 0 aliphatic rings. The van der Waals surface area contributed by atoms with Crippen LogP contribution in [0.25, 0.3) is 0 Å². The molecule has 0 amide bonds. The average molecular weight is 309 g/mol. The summed E-state index contributed by atoms with van der Waals surface area (Å²) in [6, 6.07) is 4.89. The lowest BCUT2D eigenvalue weighted by Gasteiger charge is -2.06.